The Morgan fingerprint density at radius 2 is 2.03 bits per heavy atom. The zero-order chi connectivity index (χ0) is 25.1. The maximum absolute atomic E-state index is 12.6. The van der Waals surface area contributed by atoms with Gasteiger partial charge in [0.25, 0.3) is 0 Å². The Morgan fingerprint density at radius 1 is 1.19 bits per heavy atom. The lowest BCUT2D eigenvalue weighted by Crippen LogP contribution is -2.41. The van der Waals surface area contributed by atoms with Crippen molar-refractivity contribution < 1.29 is 14.3 Å². The van der Waals surface area contributed by atoms with Gasteiger partial charge in [0, 0.05) is 50.6 Å². The Balaban J connectivity index is 1.43. The van der Waals surface area contributed by atoms with Crippen LogP contribution in [0.15, 0.2) is 42.6 Å². The van der Waals surface area contributed by atoms with Crippen molar-refractivity contribution in [1.82, 2.24) is 25.0 Å². The molecular weight excluding hydrogens is 458 g/mol. The molecule has 1 aromatic carbocycles. The lowest BCUT2D eigenvalue weighted by Gasteiger charge is -2.38. The van der Waals surface area contributed by atoms with Gasteiger partial charge in [0.2, 0.25) is 0 Å². The monoisotopic (exact) mass is 491 g/mol. The summed E-state index contributed by atoms with van der Waals surface area (Å²) in [6.45, 7) is 6.12. The summed E-state index contributed by atoms with van der Waals surface area (Å²) < 4.78 is 7.01. The summed E-state index contributed by atoms with van der Waals surface area (Å²) in [7, 11) is 1.54. The zero-order valence-corrected chi connectivity index (χ0v) is 20.7. The highest BCUT2D eigenvalue weighted by molar-refractivity contribution is 6.39. The first-order chi connectivity index (χ1) is 17.5. The third kappa shape index (κ3) is 4.87. The van der Waals surface area contributed by atoms with Gasteiger partial charge in [-0.2, -0.15) is 5.10 Å². The van der Waals surface area contributed by atoms with Crippen LogP contribution in [0.2, 0.25) is 0 Å². The molecule has 10 heteroatoms. The molecule has 2 atom stereocenters. The molecule has 36 heavy (non-hydrogen) atoms. The maximum Gasteiger partial charge on any atom is 0.314 e. The van der Waals surface area contributed by atoms with Gasteiger partial charge >= 0.3 is 11.8 Å². The Hall–Kier alpha value is -3.63. The topological polar surface area (TPSA) is 116 Å². The SMILES string of the molecule is COCCNC(=O)C(=O)Nc1nn([C@H]2CN(Cc3ccccc3)CC[C@H]2C)c2c1CNc1[nH]ccc1-2. The predicted octanol–water partition coefficient (Wildman–Crippen LogP) is 2.59. The molecule has 10 nitrogen and oxygen atoms in total. The van der Waals surface area contributed by atoms with Crippen molar-refractivity contribution in [2.24, 2.45) is 5.92 Å². The summed E-state index contributed by atoms with van der Waals surface area (Å²) in [5.41, 5.74) is 4.17. The van der Waals surface area contributed by atoms with Gasteiger partial charge in [-0.1, -0.05) is 37.3 Å². The Morgan fingerprint density at radius 3 is 2.83 bits per heavy atom. The fourth-order valence-electron chi connectivity index (χ4n) is 5.08. The third-order valence-electron chi connectivity index (χ3n) is 7.05. The molecule has 2 aliphatic rings. The summed E-state index contributed by atoms with van der Waals surface area (Å²) in [5.74, 6) is 0.314. The number of nitrogens with zero attached hydrogens (tertiary/aromatic N) is 3. The molecule has 5 rings (SSSR count). The molecule has 1 fully saturated rings. The zero-order valence-electron chi connectivity index (χ0n) is 20.7. The second kappa shape index (κ2) is 10.5. The molecule has 0 spiro atoms. The van der Waals surface area contributed by atoms with Crippen molar-refractivity contribution in [3.63, 3.8) is 0 Å². The van der Waals surface area contributed by atoms with Crippen LogP contribution >= 0.6 is 0 Å². The highest BCUT2D eigenvalue weighted by Gasteiger charge is 2.35. The smallest absolute Gasteiger partial charge is 0.314 e. The molecule has 3 aromatic rings. The molecule has 4 N–H and O–H groups in total. The van der Waals surface area contributed by atoms with Gasteiger partial charge in [0.05, 0.1) is 18.3 Å². The minimum atomic E-state index is -0.735. The van der Waals surface area contributed by atoms with Crippen LogP contribution in [0.1, 0.15) is 30.5 Å². The highest BCUT2D eigenvalue weighted by Crippen LogP contribution is 2.42. The Labute approximate surface area is 210 Å². The molecule has 190 valence electrons. The van der Waals surface area contributed by atoms with E-state index in [1.807, 2.05) is 18.3 Å². The third-order valence-corrected chi connectivity index (χ3v) is 7.05. The average molecular weight is 492 g/mol. The minimum Gasteiger partial charge on any atom is -0.383 e. The van der Waals surface area contributed by atoms with Crippen LogP contribution in [0.3, 0.4) is 0 Å². The number of anilines is 2. The second-order valence-electron chi connectivity index (χ2n) is 9.50. The van der Waals surface area contributed by atoms with E-state index >= 15 is 0 Å². The van der Waals surface area contributed by atoms with Crippen LogP contribution in [0, 0.1) is 5.92 Å². The standard InChI is InChI=1S/C26H33N7O3/c1-17-9-12-32(15-18-6-4-3-5-7-18)16-21(17)33-22-19-8-10-27-23(19)29-14-20(22)24(31-33)30-26(35)25(34)28-11-13-36-2/h3-8,10,17,21,27,29H,9,11-16H2,1-2H3,(H,28,34)(H,30,31,35)/t17-,21+/m1/s1. The number of benzene rings is 1. The number of ether oxygens (including phenoxy) is 1. The number of methoxy groups -OCH3 is 1. The van der Waals surface area contributed by atoms with Gasteiger partial charge in [-0.25, -0.2) is 0 Å². The van der Waals surface area contributed by atoms with Gasteiger partial charge < -0.3 is 25.7 Å². The number of nitrogens with one attached hydrogen (secondary N) is 4. The van der Waals surface area contributed by atoms with Crippen molar-refractivity contribution in [3.8, 4) is 11.3 Å². The molecule has 0 unspecified atom stereocenters. The number of hydrogen-bond acceptors (Lipinski definition) is 6. The molecule has 0 radical (unpaired) electrons. The van der Waals surface area contributed by atoms with Crippen LogP contribution in [0.5, 0.6) is 0 Å². The number of fused-ring (bicyclic) bond motifs is 3. The fraction of sp³-hybridized carbons (Fsp3) is 0.423. The number of carbonyl (C=O) groups is 2. The number of piperidine rings is 1. The molecular formula is C26H33N7O3. The van der Waals surface area contributed by atoms with Gasteiger partial charge in [-0.05, 0) is 30.5 Å². The van der Waals surface area contributed by atoms with Gasteiger partial charge in [0.15, 0.2) is 5.82 Å². The molecule has 2 aromatic heterocycles. The molecule has 2 amide bonds. The van der Waals surface area contributed by atoms with E-state index in [0.717, 1.165) is 48.7 Å². The maximum atomic E-state index is 12.6. The van der Waals surface area contributed by atoms with Crippen molar-refractivity contribution in [2.45, 2.75) is 32.5 Å². The number of amides is 2. The van der Waals surface area contributed by atoms with E-state index in [1.54, 1.807) is 7.11 Å². The summed E-state index contributed by atoms with van der Waals surface area (Å²) in [6, 6.07) is 12.7. The summed E-state index contributed by atoms with van der Waals surface area (Å²) in [4.78, 5) is 30.6. The Bertz CT molecular complexity index is 1220. The summed E-state index contributed by atoms with van der Waals surface area (Å²) >= 11 is 0. The van der Waals surface area contributed by atoms with Crippen LogP contribution in [0.25, 0.3) is 11.3 Å². The molecule has 0 saturated carbocycles. The van der Waals surface area contributed by atoms with Gasteiger partial charge in [-0.15, -0.1) is 0 Å². The lowest BCUT2D eigenvalue weighted by atomic mass is 9.92. The van der Waals surface area contributed by atoms with E-state index in [1.165, 1.54) is 5.56 Å². The molecule has 0 bridgehead atoms. The number of rotatable bonds is 7. The van der Waals surface area contributed by atoms with Gasteiger partial charge in [-0.3, -0.25) is 19.2 Å². The van der Waals surface area contributed by atoms with Crippen LogP contribution in [0.4, 0.5) is 11.6 Å². The van der Waals surface area contributed by atoms with Crippen LogP contribution in [-0.4, -0.2) is 64.8 Å². The molecule has 1 saturated heterocycles. The van der Waals surface area contributed by atoms with Crippen molar-refractivity contribution in [2.75, 3.05) is 44.0 Å². The molecule has 4 heterocycles. The quantitative estimate of drug-likeness (QED) is 0.298. The Kier molecular flexibility index (Phi) is 7.06. The van der Waals surface area contributed by atoms with E-state index in [2.05, 4.69) is 61.7 Å². The largest absolute Gasteiger partial charge is 0.383 e. The number of carbonyl (C=O) groups excluding carboxylic acids is 2. The first-order valence-electron chi connectivity index (χ1n) is 12.4. The first-order valence-corrected chi connectivity index (χ1v) is 12.4. The minimum absolute atomic E-state index is 0.123. The number of hydrogen-bond donors (Lipinski definition) is 4. The number of aromatic nitrogens is 3. The van der Waals surface area contributed by atoms with Crippen molar-refractivity contribution in [1.29, 1.82) is 0 Å². The first kappa shape index (κ1) is 24.1. The number of aromatic amines is 1. The normalized spacial score (nSPS) is 19.2. The molecule has 0 aliphatic carbocycles. The fourth-order valence-corrected chi connectivity index (χ4v) is 5.08. The lowest BCUT2D eigenvalue weighted by molar-refractivity contribution is -0.136. The number of H-pyrrole nitrogens is 1. The van der Waals surface area contributed by atoms with E-state index in [4.69, 9.17) is 9.84 Å². The van der Waals surface area contributed by atoms with Crippen LogP contribution in [-0.2, 0) is 27.4 Å². The second-order valence-corrected chi connectivity index (χ2v) is 9.50. The van der Waals surface area contributed by atoms with Crippen LogP contribution < -0.4 is 16.0 Å². The summed E-state index contributed by atoms with van der Waals surface area (Å²) in [6.07, 6.45) is 2.95. The van der Waals surface area contributed by atoms with Crippen molar-refractivity contribution in [3.05, 3.63) is 53.7 Å². The highest BCUT2D eigenvalue weighted by atomic mass is 16.5. The predicted molar refractivity (Wildman–Crippen MR) is 137 cm³/mol. The molecule has 2 aliphatic heterocycles. The number of likely N-dealkylation sites (tertiary alicyclic amines) is 1. The van der Waals surface area contributed by atoms with E-state index in [-0.39, 0.29) is 12.6 Å². The van der Waals surface area contributed by atoms with E-state index < -0.39 is 11.8 Å². The van der Waals surface area contributed by atoms with Gasteiger partial charge in [0.1, 0.15) is 5.82 Å². The van der Waals surface area contributed by atoms with E-state index in [9.17, 15) is 9.59 Å². The summed E-state index contributed by atoms with van der Waals surface area (Å²) in [5, 5.41) is 13.6. The van der Waals surface area contributed by atoms with Crippen molar-refractivity contribution >= 4 is 23.5 Å². The van der Waals surface area contributed by atoms with E-state index in [0.29, 0.717) is 24.9 Å². The average Bonchev–Trinajstić information content (AvgIpc) is 3.50.